The van der Waals surface area contributed by atoms with Gasteiger partial charge in [0.2, 0.25) is 0 Å². The van der Waals surface area contributed by atoms with Crippen LogP contribution in [0.2, 0.25) is 0 Å². The summed E-state index contributed by atoms with van der Waals surface area (Å²) >= 11 is 0. The molecule has 0 N–H and O–H groups in total. The zero-order valence-electron chi connectivity index (χ0n) is 6.50. The van der Waals surface area contributed by atoms with Crippen molar-refractivity contribution in [1.29, 1.82) is 0 Å². The van der Waals surface area contributed by atoms with E-state index in [1.54, 1.807) is 0 Å². The number of ether oxygens (including phenoxy) is 1. The summed E-state index contributed by atoms with van der Waals surface area (Å²) in [6.07, 6.45) is 1.52. The molecule has 1 fully saturated rings. The topological polar surface area (TPSA) is 12.5 Å². The van der Waals surface area contributed by atoms with Crippen LogP contribution in [0.25, 0.3) is 0 Å². The number of epoxide rings is 1. The summed E-state index contributed by atoms with van der Waals surface area (Å²) in [5.41, 5.74) is 3.06. The lowest BCUT2D eigenvalue weighted by Crippen LogP contribution is -2.03. The third kappa shape index (κ3) is 0.596. The molecule has 0 saturated carbocycles. The Morgan fingerprint density at radius 2 is 2.27 bits per heavy atom. The first kappa shape index (κ1) is 5.78. The molecule has 0 radical (unpaired) electrons. The van der Waals surface area contributed by atoms with Crippen molar-refractivity contribution in [1.82, 2.24) is 0 Å². The fraction of sp³-hybridized carbons (Fsp3) is 0.400. The molecule has 1 aromatic carbocycles. The monoisotopic (exact) mass is 146 g/mol. The normalized spacial score (nSPS) is 38.1. The summed E-state index contributed by atoms with van der Waals surface area (Å²) in [6, 6.07) is 8.58. The molecule has 3 rings (SSSR count). The average molecular weight is 146 g/mol. The van der Waals surface area contributed by atoms with Gasteiger partial charge in [0.15, 0.2) is 0 Å². The first-order valence-corrected chi connectivity index (χ1v) is 4.05. The third-order valence-corrected chi connectivity index (χ3v) is 2.76. The van der Waals surface area contributed by atoms with E-state index in [2.05, 4.69) is 31.2 Å². The highest BCUT2D eigenvalue weighted by molar-refractivity contribution is 5.42. The van der Waals surface area contributed by atoms with Gasteiger partial charge in [-0.25, -0.2) is 0 Å². The quantitative estimate of drug-likeness (QED) is 0.510. The minimum absolute atomic E-state index is 0.170. The van der Waals surface area contributed by atoms with Gasteiger partial charge < -0.3 is 4.74 Å². The van der Waals surface area contributed by atoms with Crippen molar-refractivity contribution in [3.8, 4) is 0 Å². The molecule has 1 aromatic rings. The van der Waals surface area contributed by atoms with Crippen LogP contribution in [0.3, 0.4) is 0 Å². The highest BCUT2D eigenvalue weighted by Crippen LogP contribution is 2.57. The van der Waals surface area contributed by atoms with Crippen LogP contribution < -0.4 is 0 Å². The second-order valence-corrected chi connectivity index (χ2v) is 3.69. The van der Waals surface area contributed by atoms with Crippen molar-refractivity contribution in [2.75, 3.05) is 0 Å². The number of hydrogen-bond acceptors (Lipinski definition) is 1. The fourth-order valence-electron chi connectivity index (χ4n) is 2.09. The molecule has 1 heterocycles. The fourth-order valence-corrected chi connectivity index (χ4v) is 2.09. The first-order chi connectivity index (χ1) is 5.30. The van der Waals surface area contributed by atoms with Gasteiger partial charge >= 0.3 is 0 Å². The van der Waals surface area contributed by atoms with Crippen molar-refractivity contribution >= 4 is 0 Å². The standard InChI is InChI=1S/C10H10O/c1-10-6-7-4-2-3-5-8(7)9(10)11-10/h2-5,9H,6H2,1H3. The lowest BCUT2D eigenvalue weighted by atomic mass is 10.1. The van der Waals surface area contributed by atoms with E-state index in [1.807, 2.05) is 0 Å². The van der Waals surface area contributed by atoms with Gasteiger partial charge in [-0.3, -0.25) is 0 Å². The Morgan fingerprint density at radius 3 is 3.09 bits per heavy atom. The molecule has 1 saturated heterocycles. The summed E-state index contributed by atoms with van der Waals surface area (Å²) in [5, 5.41) is 0. The maximum Gasteiger partial charge on any atom is 0.113 e. The second kappa shape index (κ2) is 1.51. The maximum atomic E-state index is 5.57. The van der Waals surface area contributed by atoms with Gasteiger partial charge in [-0.1, -0.05) is 24.3 Å². The van der Waals surface area contributed by atoms with Crippen LogP contribution in [0.5, 0.6) is 0 Å². The molecule has 1 aliphatic carbocycles. The van der Waals surface area contributed by atoms with E-state index in [0.29, 0.717) is 6.10 Å². The van der Waals surface area contributed by atoms with E-state index in [9.17, 15) is 0 Å². The third-order valence-electron chi connectivity index (χ3n) is 2.76. The number of fused-ring (bicyclic) bond motifs is 3. The molecule has 0 amide bonds. The molecule has 0 spiro atoms. The van der Waals surface area contributed by atoms with Gasteiger partial charge in [-0.2, -0.15) is 0 Å². The molecular formula is C10H10O. The largest absolute Gasteiger partial charge is 0.361 e. The summed E-state index contributed by atoms with van der Waals surface area (Å²) in [5.74, 6) is 0. The van der Waals surface area contributed by atoms with Gasteiger partial charge in [0.1, 0.15) is 11.7 Å². The van der Waals surface area contributed by atoms with E-state index >= 15 is 0 Å². The Balaban J connectivity index is 2.18. The van der Waals surface area contributed by atoms with Crippen molar-refractivity contribution in [2.45, 2.75) is 25.0 Å². The average Bonchev–Trinajstić information content (AvgIpc) is 2.56. The van der Waals surface area contributed by atoms with Crippen LogP contribution in [0.4, 0.5) is 0 Å². The van der Waals surface area contributed by atoms with Crippen molar-refractivity contribution in [3.05, 3.63) is 35.4 Å². The van der Waals surface area contributed by atoms with Crippen LogP contribution in [0.1, 0.15) is 24.2 Å². The molecule has 2 aliphatic rings. The molecule has 2 atom stereocenters. The Bertz CT molecular complexity index is 318. The molecular weight excluding hydrogens is 136 g/mol. The zero-order chi connectivity index (χ0) is 7.47. The summed E-state index contributed by atoms with van der Waals surface area (Å²) in [7, 11) is 0. The highest BCUT2D eigenvalue weighted by atomic mass is 16.6. The second-order valence-electron chi connectivity index (χ2n) is 3.69. The molecule has 0 bridgehead atoms. The number of hydrogen-bond donors (Lipinski definition) is 0. The van der Waals surface area contributed by atoms with Gasteiger partial charge in [0.05, 0.1) is 0 Å². The molecule has 0 aromatic heterocycles. The lowest BCUT2D eigenvalue weighted by molar-refractivity contribution is 0.298. The smallest absolute Gasteiger partial charge is 0.113 e. The van der Waals surface area contributed by atoms with Crippen molar-refractivity contribution < 1.29 is 4.74 Å². The predicted octanol–water partition coefficient (Wildman–Crippen LogP) is 2.07. The summed E-state index contributed by atoms with van der Waals surface area (Å²) < 4.78 is 5.57. The maximum absolute atomic E-state index is 5.57. The van der Waals surface area contributed by atoms with Gasteiger partial charge in [0.25, 0.3) is 0 Å². The molecule has 1 heteroatoms. The molecule has 1 aliphatic heterocycles. The number of benzene rings is 1. The van der Waals surface area contributed by atoms with Crippen molar-refractivity contribution in [3.63, 3.8) is 0 Å². The lowest BCUT2D eigenvalue weighted by Gasteiger charge is -2.01. The minimum atomic E-state index is 0.170. The first-order valence-electron chi connectivity index (χ1n) is 4.05. The van der Waals surface area contributed by atoms with Crippen LogP contribution in [-0.2, 0) is 11.2 Å². The molecule has 2 unspecified atom stereocenters. The van der Waals surface area contributed by atoms with E-state index in [0.717, 1.165) is 6.42 Å². The molecule has 11 heavy (non-hydrogen) atoms. The van der Waals surface area contributed by atoms with Crippen molar-refractivity contribution in [2.24, 2.45) is 0 Å². The summed E-state index contributed by atoms with van der Waals surface area (Å²) in [4.78, 5) is 0. The zero-order valence-corrected chi connectivity index (χ0v) is 6.50. The predicted molar refractivity (Wildman–Crippen MR) is 42.4 cm³/mol. The van der Waals surface area contributed by atoms with Crippen LogP contribution in [0.15, 0.2) is 24.3 Å². The van der Waals surface area contributed by atoms with Crippen LogP contribution in [-0.4, -0.2) is 5.60 Å². The van der Waals surface area contributed by atoms with Gasteiger partial charge in [-0.15, -0.1) is 0 Å². The Labute approximate surface area is 66.0 Å². The molecule has 56 valence electrons. The minimum Gasteiger partial charge on any atom is -0.361 e. The highest BCUT2D eigenvalue weighted by Gasteiger charge is 2.58. The van der Waals surface area contributed by atoms with Crippen LogP contribution >= 0.6 is 0 Å². The van der Waals surface area contributed by atoms with E-state index in [4.69, 9.17) is 4.74 Å². The SMILES string of the molecule is CC12Cc3ccccc3C1O2. The van der Waals surface area contributed by atoms with Crippen LogP contribution in [0, 0.1) is 0 Å². The van der Waals surface area contributed by atoms with E-state index in [1.165, 1.54) is 11.1 Å². The Hall–Kier alpha value is -0.820. The van der Waals surface area contributed by atoms with E-state index in [-0.39, 0.29) is 5.60 Å². The molecule has 1 nitrogen and oxygen atoms in total. The Morgan fingerprint density at radius 1 is 1.45 bits per heavy atom. The number of rotatable bonds is 0. The van der Waals surface area contributed by atoms with E-state index < -0.39 is 0 Å². The van der Waals surface area contributed by atoms with Gasteiger partial charge in [0, 0.05) is 6.42 Å². The Kier molecular flexibility index (Phi) is 0.793. The summed E-state index contributed by atoms with van der Waals surface area (Å²) in [6.45, 7) is 2.19. The van der Waals surface area contributed by atoms with Gasteiger partial charge in [-0.05, 0) is 18.1 Å².